The number of carbonyl (C=O) groups is 1. The lowest BCUT2D eigenvalue weighted by atomic mass is 9.92. The molecule has 0 aromatic rings. The summed E-state index contributed by atoms with van der Waals surface area (Å²) < 4.78 is 0. The first kappa shape index (κ1) is 19.6. The van der Waals surface area contributed by atoms with Gasteiger partial charge in [-0.05, 0) is 83.7 Å². The Balaban J connectivity index is 1.17. The number of nitrogens with one attached hydrogen (secondary N) is 2. The number of carbonyl (C=O) groups excluding carboxylic acids is 1. The average Bonchev–Trinajstić information content (AvgIpc) is 2.75. The molecule has 4 fully saturated rings. The van der Waals surface area contributed by atoms with Crippen molar-refractivity contribution in [2.45, 2.75) is 44.6 Å². The Morgan fingerprint density at radius 2 is 1.33 bits per heavy atom. The number of hydrogen-bond donors (Lipinski definition) is 2. The van der Waals surface area contributed by atoms with Gasteiger partial charge in [0, 0.05) is 44.7 Å². The van der Waals surface area contributed by atoms with Gasteiger partial charge in [-0.15, -0.1) is 0 Å². The maximum Gasteiger partial charge on any atom is 0.225 e. The highest BCUT2D eigenvalue weighted by Crippen LogP contribution is 2.23. The number of rotatable bonds is 4. The third kappa shape index (κ3) is 5.22. The lowest BCUT2D eigenvalue weighted by Crippen LogP contribution is -2.55. The Labute approximate surface area is 165 Å². The molecule has 4 rings (SSSR count). The van der Waals surface area contributed by atoms with Gasteiger partial charge in [0.05, 0.1) is 0 Å². The number of nitrogens with zero attached hydrogens (tertiary/aromatic N) is 3. The van der Waals surface area contributed by atoms with Gasteiger partial charge < -0.3 is 20.4 Å². The third-order valence-electron chi connectivity index (χ3n) is 7.36. The van der Waals surface area contributed by atoms with E-state index < -0.39 is 0 Å². The summed E-state index contributed by atoms with van der Waals surface area (Å²) in [4.78, 5) is 20.4. The van der Waals surface area contributed by atoms with E-state index in [0.717, 1.165) is 77.2 Å². The van der Waals surface area contributed by atoms with E-state index in [1.807, 2.05) is 0 Å². The van der Waals surface area contributed by atoms with Crippen LogP contribution < -0.4 is 10.6 Å². The minimum atomic E-state index is 0.278. The van der Waals surface area contributed by atoms with E-state index in [1.165, 1.54) is 45.3 Å². The van der Waals surface area contributed by atoms with E-state index in [4.69, 9.17) is 0 Å². The van der Waals surface area contributed by atoms with Crippen LogP contribution in [0, 0.1) is 11.8 Å². The Morgan fingerprint density at radius 1 is 0.741 bits per heavy atom. The van der Waals surface area contributed by atoms with Crippen molar-refractivity contribution in [2.24, 2.45) is 11.8 Å². The Morgan fingerprint density at radius 3 is 1.96 bits per heavy atom. The monoisotopic (exact) mass is 377 g/mol. The normalized spacial score (nSPS) is 28.5. The molecule has 4 aliphatic heterocycles. The van der Waals surface area contributed by atoms with Crippen molar-refractivity contribution in [3.63, 3.8) is 0 Å². The molecule has 4 saturated heterocycles. The topological polar surface area (TPSA) is 50.9 Å². The van der Waals surface area contributed by atoms with E-state index in [-0.39, 0.29) is 5.92 Å². The largest absolute Gasteiger partial charge is 0.340 e. The molecule has 154 valence electrons. The Hall–Kier alpha value is -0.690. The van der Waals surface area contributed by atoms with E-state index in [0.29, 0.717) is 5.91 Å². The maximum absolute atomic E-state index is 13.0. The first-order valence-corrected chi connectivity index (χ1v) is 11.5. The third-order valence-corrected chi connectivity index (χ3v) is 7.36. The standard InChI is InChI=1S/C21H39N5O/c27-21(26-15-13-25(14-16-26)20-3-9-23-10-4-20)19-5-11-24(12-6-19)17-18-1-7-22-8-2-18/h18-20,22-23H,1-17H2. The molecule has 6 heteroatoms. The Kier molecular flexibility index (Phi) is 7.03. The van der Waals surface area contributed by atoms with E-state index in [9.17, 15) is 4.79 Å². The van der Waals surface area contributed by atoms with Crippen molar-refractivity contribution < 1.29 is 4.79 Å². The Bertz CT molecular complexity index is 459. The van der Waals surface area contributed by atoms with E-state index >= 15 is 0 Å². The quantitative estimate of drug-likeness (QED) is 0.751. The second kappa shape index (κ2) is 9.68. The number of amides is 1. The predicted molar refractivity (Wildman–Crippen MR) is 109 cm³/mol. The summed E-state index contributed by atoms with van der Waals surface area (Å²) in [5.74, 6) is 1.59. The van der Waals surface area contributed by atoms with Gasteiger partial charge in [0.2, 0.25) is 5.91 Å². The molecule has 0 bridgehead atoms. The fourth-order valence-corrected chi connectivity index (χ4v) is 5.53. The highest BCUT2D eigenvalue weighted by Gasteiger charge is 2.32. The van der Waals surface area contributed by atoms with Gasteiger partial charge in [0.15, 0.2) is 0 Å². The van der Waals surface area contributed by atoms with Crippen molar-refractivity contribution in [1.82, 2.24) is 25.3 Å². The number of piperidine rings is 3. The maximum atomic E-state index is 13.0. The van der Waals surface area contributed by atoms with Crippen LogP contribution in [0.4, 0.5) is 0 Å². The molecule has 0 radical (unpaired) electrons. The van der Waals surface area contributed by atoms with Crippen LogP contribution in [-0.2, 0) is 4.79 Å². The smallest absolute Gasteiger partial charge is 0.225 e. The van der Waals surface area contributed by atoms with Gasteiger partial charge in [-0.1, -0.05) is 0 Å². The first-order valence-electron chi connectivity index (χ1n) is 11.5. The fraction of sp³-hybridized carbons (Fsp3) is 0.952. The van der Waals surface area contributed by atoms with E-state index in [1.54, 1.807) is 0 Å². The molecule has 0 unspecified atom stereocenters. The molecule has 6 nitrogen and oxygen atoms in total. The van der Waals surface area contributed by atoms with Crippen molar-refractivity contribution in [2.75, 3.05) is 72.0 Å². The van der Waals surface area contributed by atoms with Crippen LogP contribution in [-0.4, -0.2) is 98.6 Å². The van der Waals surface area contributed by atoms with Gasteiger partial charge >= 0.3 is 0 Å². The summed E-state index contributed by atoms with van der Waals surface area (Å²) in [5.41, 5.74) is 0. The lowest BCUT2D eigenvalue weighted by Gasteiger charge is -2.42. The molecule has 4 heterocycles. The zero-order chi connectivity index (χ0) is 18.5. The minimum absolute atomic E-state index is 0.278. The molecule has 2 N–H and O–H groups in total. The van der Waals surface area contributed by atoms with Gasteiger partial charge in [-0.25, -0.2) is 0 Å². The zero-order valence-electron chi connectivity index (χ0n) is 17.0. The molecular weight excluding hydrogens is 338 g/mol. The summed E-state index contributed by atoms with van der Waals surface area (Å²) >= 11 is 0. The van der Waals surface area contributed by atoms with Crippen LogP contribution in [0.15, 0.2) is 0 Å². The summed E-state index contributed by atoms with van der Waals surface area (Å²) in [6, 6.07) is 0.738. The van der Waals surface area contributed by atoms with Crippen LogP contribution in [0.1, 0.15) is 38.5 Å². The van der Waals surface area contributed by atoms with Crippen molar-refractivity contribution in [3.05, 3.63) is 0 Å². The van der Waals surface area contributed by atoms with Crippen LogP contribution >= 0.6 is 0 Å². The number of hydrogen-bond acceptors (Lipinski definition) is 5. The van der Waals surface area contributed by atoms with E-state index in [2.05, 4.69) is 25.3 Å². The molecular formula is C21H39N5O. The molecule has 0 aliphatic carbocycles. The van der Waals surface area contributed by atoms with Crippen LogP contribution in [0.25, 0.3) is 0 Å². The SMILES string of the molecule is O=C(C1CCN(CC2CCNCC2)CC1)N1CCN(C2CCNCC2)CC1. The molecule has 27 heavy (non-hydrogen) atoms. The molecule has 1 amide bonds. The predicted octanol–water partition coefficient (Wildman–Crippen LogP) is 0.594. The van der Waals surface area contributed by atoms with Gasteiger partial charge in [0.25, 0.3) is 0 Å². The van der Waals surface area contributed by atoms with Crippen LogP contribution in [0.3, 0.4) is 0 Å². The van der Waals surface area contributed by atoms with Crippen molar-refractivity contribution in [1.29, 1.82) is 0 Å². The van der Waals surface area contributed by atoms with Crippen LogP contribution in [0.5, 0.6) is 0 Å². The minimum Gasteiger partial charge on any atom is -0.340 e. The van der Waals surface area contributed by atoms with Gasteiger partial charge in [-0.2, -0.15) is 0 Å². The van der Waals surface area contributed by atoms with Crippen molar-refractivity contribution >= 4 is 5.91 Å². The van der Waals surface area contributed by atoms with Crippen molar-refractivity contribution in [3.8, 4) is 0 Å². The molecule has 4 aliphatic rings. The number of likely N-dealkylation sites (tertiary alicyclic amines) is 1. The molecule has 0 aromatic heterocycles. The highest BCUT2D eigenvalue weighted by molar-refractivity contribution is 5.79. The van der Waals surface area contributed by atoms with Crippen LogP contribution in [0.2, 0.25) is 0 Å². The lowest BCUT2D eigenvalue weighted by molar-refractivity contribution is -0.139. The molecule has 0 saturated carbocycles. The molecule has 0 spiro atoms. The summed E-state index contributed by atoms with van der Waals surface area (Å²) in [6.07, 6.45) is 7.31. The first-order chi connectivity index (χ1) is 13.3. The fourth-order valence-electron chi connectivity index (χ4n) is 5.53. The number of piperazine rings is 1. The summed E-state index contributed by atoms with van der Waals surface area (Å²) in [7, 11) is 0. The second-order valence-electron chi connectivity index (χ2n) is 9.11. The summed E-state index contributed by atoms with van der Waals surface area (Å²) in [6.45, 7) is 12.2. The molecule has 0 atom stereocenters. The average molecular weight is 378 g/mol. The highest BCUT2D eigenvalue weighted by atomic mass is 16.2. The zero-order valence-corrected chi connectivity index (χ0v) is 17.0. The second-order valence-corrected chi connectivity index (χ2v) is 9.11. The molecule has 0 aromatic carbocycles. The van der Waals surface area contributed by atoms with Gasteiger partial charge in [-0.3, -0.25) is 9.69 Å². The van der Waals surface area contributed by atoms with Gasteiger partial charge in [0.1, 0.15) is 0 Å². The summed E-state index contributed by atoms with van der Waals surface area (Å²) in [5, 5.41) is 6.91.